The van der Waals surface area contributed by atoms with Crippen LogP contribution in [0.5, 0.6) is 0 Å². The van der Waals surface area contributed by atoms with Gasteiger partial charge in [-0.2, -0.15) is 0 Å². The number of fused-ring (bicyclic) bond motifs is 2. The number of anilines is 1. The number of nitrogens with zero attached hydrogens (tertiary/aromatic N) is 1. The van der Waals surface area contributed by atoms with Crippen molar-refractivity contribution in [3.05, 3.63) is 77.5 Å². The summed E-state index contributed by atoms with van der Waals surface area (Å²) >= 11 is 6.21. The van der Waals surface area contributed by atoms with Crippen molar-refractivity contribution in [3.63, 3.8) is 0 Å². The maximum Gasteiger partial charge on any atom is 0.231 e. The van der Waals surface area contributed by atoms with Gasteiger partial charge >= 0.3 is 0 Å². The summed E-state index contributed by atoms with van der Waals surface area (Å²) in [6.07, 6.45) is 6.26. The number of likely N-dealkylation sites (tertiary alicyclic amines) is 1. The molecule has 6 rings (SSSR count). The largest absolute Gasteiger partial charge is 0.361 e. The first-order chi connectivity index (χ1) is 15.6. The van der Waals surface area contributed by atoms with Gasteiger partial charge in [0.1, 0.15) is 5.60 Å². The van der Waals surface area contributed by atoms with Crippen molar-refractivity contribution in [2.24, 2.45) is 11.8 Å². The van der Waals surface area contributed by atoms with Gasteiger partial charge in [0, 0.05) is 23.6 Å². The Balaban J connectivity index is 1.21. The van der Waals surface area contributed by atoms with Gasteiger partial charge in [-0.1, -0.05) is 54.1 Å². The zero-order chi connectivity index (χ0) is 21.9. The second kappa shape index (κ2) is 7.22. The lowest BCUT2D eigenvalue weighted by Gasteiger charge is -2.23. The third kappa shape index (κ3) is 2.90. The van der Waals surface area contributed by atoms with E-state index in [0.717, 1.165) is 11.9 Å². The first-order valence-electron chi connectivity index (χ1n) is 10.8. The number of halogens is 1. The van der Waals surface area contributed by atoms with E-state index in [2.05, 4.69) is 16.4 Å². The van der Waals surface area contributed by atoms with E-state index >= 15 is 0 Å². The highest BCUT2D eigenvalue weighted by Crippen LogP contribution is 2.52. The maximum atomic E-state index is 13.4. The Hall–Kier alpha value is -3.09. The number of aromatic nitrogens is 1. The van der Waals surface area contributed by atoms with Crippen LogP contribution in [0.3, 0.4) is 0 Å². The highest BCUT2D eigenvalue weighted by molar-refractivity contribution is 6.33. The molecule has 3 aliphatic heterocycles. The second-order valence-electron chi connectivity index (χ2n) is 8.74. The lowest BCUT2D eigenvalue weighted by Crippen LogP contribution is -2.41. The lowest BCUT2D eigenvalue weighted by molar-refractivity contribution is -0.135. The molecule has 1 spiro atoms. The van der Waals surface area contributed by atoms with E-state index in [9.17, 15) is 9.59 Å². The van der Waals surface area contributed by atoms with Gasteiger partial charge in [0.2, 0.25) is 11.8 Å². The van der Waals surface area contributed by atoms with Crippen molar-refractivity contribution in [2.75, 3.05) is 18.4 Å². The number of ether oxygens (including phenoxy) is 1. The maximum absolute atomic E-state index is 13.4. The Kier molecular flexibility index (Phi) is 4.42. The van der Waals surface area contributed by atoms with E-state index < -0.39 is 17.4 Å². The number of aromatic amines is 1. The highest BCUT2D eigenvalue weighted by Gasteiger charge is 2.66. The number of hydrogen-bond acceptors (Lipinski definition) is 3. The van der Waals surface area contributed by atoms with Crippen molar-refractivity contribution in [3.8, 4) is 0 Å². The fraction of sp³-hybridized carbons (Fsp3) is 0.280. The molecule has 2 saturated heterocycles. The zero-order valence-electron chi connectivity index (χ0n) is 17.3. The van der Waals surface area contributed by atoms with Gasteiger partial charge in [-0.25, -0.2) is 0 Å². The molecule has 162 valence electrons. The normalized spacial score (nSPS) is 28.0. The molecule has 2 aromatic carbocycles. The van der Waals surface area contributed by atoms with Crippen LogP contribution in [-0.4, -0.2) is 46.5 Å². The molecule has 6 nitrogen and oxygen atoms in total. The predicted octanol–water partition coefficient (Wildman–Crippen LogP) is 3.78. The standard InChI is InChI=1S/C25H22ClN3O3/c26-17-6-2-4-8-19(17)28-23(30)21-20-9-11-25(32-20)14-29(24(31)22(21)25)12-10-15-13-27-18-7-3-1-5-16(15)18/h1-9,11,13,20-22,27H,10,12,14H2,(H,28,30)/t20-,21-,22-,25-/m1/s1. The number of rotatable bonds is 5. The van der Waals surface area contributed by atoms with E-state index in [-0.39, 0.29) is 17.9 Å². The Labute approximate surface area is 190 Å². The van der Waals surface area contributed by atoms with Crippen LogP contribution >= 0.6 is 11.6 Å². The molecule has 2 amide bonds. The SMILES string of the molecule is O=C(Nc1ccccc1Cl)[C@@H]1[C@H]2C=C[C@]3(CN(CCc4c[nH]c5ccccc45)C(=O)[C@@H]13)O2. The minimum absolute atomic E-state index is 0.0176. The average Bonchev–Trinajstić information content (AvgIpc) is 3.54. The summed E-state index contributed by atoms with van der Waals surface area (Å²) in [4.78, 5) is 31.7. The van der Waals surface area contributed by atoms with Gasteiger partial charge in [0.05, 0.1) is 35.2 Å². The average molecular weight is 448 g/mol. The summed E-state index contributed by atoms with van der Waals surface area (Å²) in [5.74, 6) is -1.33. The molecular formula is C25H22ClN3O3. The monoisotopic (exact) mass is 447 g/mol. The van der Waals surface area contributed by atoms with E-state index in [1.165, 1.54) is 10.9 Å². The second-order valence-corrected chi connectivity index (χ2v) is 9.15. The minimum atomic E-state index is -0.718. The summed E-state index contributed by atoms with van der Waals surface area (Å²) < 4.78 is 6.22. The number of carbonyl (C=O) groups is 2. The smallest absolute Gasteiger partial charge is 0.231 e. The molecule has 0 aliphatic carbocycles. The van der Waals surface area contributed by atoms with Crippen LogP contribution in [-0.2, 0) is 20.7 Å². The number of nitrogens with one attached hydrogen (secondary N) is 2. The molecule has 2 bridgehead atoms. The highest BCUT2D eigenvalue weighted by atomic mass is 35.5. The van der Waals surface area contributed by atoms with Gasteiger partial charge in [-0.3, -0.25) is 9.59 Å². The van der Waals surface area contributed by atoms with Gasteiger partial charge in [0.15, 0.2) is 0 Å². The number of carbonyl (C=O) groups excluding carboxylic acids is 2. The number of para-hydroxylation sites is 2. The van der Waals surface area contributed by atoms with E-state index in [0.29, 0.717) is 23.8 Å². The van der Waals surface area contributed by atoms with Crippen molar-refractivity contribution < 1.29 is 14.3 Å². The molecule has 2 N–H and O–H groups in total. The first kappa shape index (κ1) is 19.6. The van der Waals surface area contributed by atoms with Crippen LogP contribution in [0.2, 0.25) is 5.02 Å². The fourth-order valence-corrected chi connectivity index (χ4v) is 5.62. The van der Waals surface area contributed by atoms with Gasteiger partial charge in [-0.15, -0.1) is 0 Å². The molecule has 0 unspecified atom stereocenters. The van der Waals surface area contributed by atoms with Crippen molar-refractivity contribution >= 4 is 40.0 Å². The van der Waals surface area contributed by atoms with Crippen LogP contribution in [0.25, 0.3) is 10.9 Å². The molecular weight excluding hydrogens is 426 g/mol. The summed E-state index contributed by atoms with van der Waals surface area (Å²) in [6, 6.07) is 15.2. The molecule has 4 heterocycles. The molecule has 0 saturated carbocycles. The topological polar surface area (TPSA) is 74.4 Å². The summed E-state index contributed by atoms with van der Waals surface area (Å²) in [6.45, 7) is 1.06. The summed E-state index contributed by atoms with van der Waals surface area (Å²) in [7, 11) is 0. The van der Waals surface area contributed by atoms with Crippen LogP contribution in [0, 0.1) is 11.8 Å². The van der Waals surface area contributed by atoms with Crippen molar-refractivity contribution in [1.29, 1.82) is 0 Å². The predicted molar refractivity (Wildman–Crippen MR) is 122 cm³/mol. The first-order valence-corrected chi connectivity index (χ1v) is 11.2. The minimum Gasteiger partial charge on any atom is -0.361 e. The summed E-state index contributed by atoms with van der Waals surface area (Å²) in [5.41, 5.74) is 2.09. The molecule has 3 aliphatic rings. The van der Waals surface area contributed by atoms with Gasteiger partial charge < -0.3 is 19.9 Å². The zero-order valence-corrected chi connectivity index (χ0v) is 18.0. The van der Waals surface area contributed by atoms with Crippen LogP contribution in [0.4, 0.5) is 5.69 Å². The van der Waals surface area contributed by atoms with Crippen LogP contribution in [0.1, 0.15) is 5.56 Å². The molecule has 0 radical (unpaired) electrons. The fourth-order valence-electron chi connectivity index (χ4n) is 5.44. The van der Waals surface area contributed by atoms with Gasteiger partial charge in [0.25, 0.3) is 0 Å². The Bertz CT molecular complexity index is 1270. The number of amides is 2. The van der Waals surface area contributed by atoms with Crippen LogP contribution in [0.15, 0.2) is 66.9 Å². The molecule has 1 aromatic heterocycles. The van der Waals surface area contributed by atoms with E-state index in [4.69, 9.17) is 16.3 Å². The molecule has 4 atom stereocenters. The van der Waals surface area contributed by atoms with E-state index in [1.807, 2.05) is 53.6 Å². The molecule has 3 aromatic rings. The Morgan fingerprint density at radius 3 is 2.91 bits per heavy atom. The summed E-state index contributed by atoms with van der Waals surface area (Å²) in [5, 5.41) is 4.54. The Morgan fingerprint density at radius 1 is 1.22 bits per heavy atom. The van der Waals surface area contributed by atoms with Crippen molar-refractivity contribution in [1.82, 2.24) is 9.88 Å². The van der Waals surface area contributed by atoms with Crippen molar-refractivity contribution in [2.45, 2.75) is 18.1 Å². The number of benzene rings is 2. The Morgan fingerprint density at radius 2 is 2.03 bits per heavy atom. The quantitative estimate of drug-likeness (QED) is 0.584. The number of H-pyrrole nitrogens is 1. The third-order valence-corrected chi connectivity index (χ3v) is 7.27. The van der Waals surface area contributed by atoms with E-state index in [1.54, 1.807) is 12.1 Å². The van der Waals surface area contributed by atoms with Gasteiger partial charge in [-0.05, 0) is 30.2 Å². The van der Waals surface area contributed by atoms with Crippen LogP contribution < -0.4 is 5.32 Å². The lowest BCUT2D eigenvalue weighted by atomic mass is 9.77. The molecule has 32 heavy (non-hydrogen) atoms. The number of hydrogen-bond donors (Lipinski definition) is 2. The molecule has 7 heteroatoms. The molecule has 2 fully saturated rings. The third-order valence-electron chi connectivity index (χ3n) is 6.94.